The molecule has 1 aromatic carbocycles. The highest BCUT2D eigenvalue weighted by molar-refractivity contribution is 5.49. The molecule has 88 valence electrons. The Morgan fingerprint density at radius 1 is 1.38 bits per heavy atom. The fourth-order valence-corrected chi connectivity index (χ4v) is 1.66. The van der Waals surface area contributed by atoms with Gasteiger partial charge in [-0.2, -0.15) is 0 Å². The highest BCUT2D eigenvalue weighted by atomic mass is 19.1. The van der Waals surface area contributed by atoms with Gasteiger partial charge in [0, 0.05) is 18.7 Å². The summed E-state index contributed by atoms with van der Waals surface area (Å²) in [5.41, 5.74) is 0.147. The molecule has 1 N–H and O–H groups in total. The van der Waals surface area contributed by atoms with E-state index in [1.165, 1.54) is 7.11 Å². The van der Waals surface area contributed by atoms with E-state index in [9.17, 15) is 8.78 Å². The van der Waals surface area contributed by atoms with E-state index in [1.807, 2.05) is 0 Å². The Hall–Kier alpha value is -1.36. The van der Waals surface area contributed by atoms with Gasteiger partial charge in [0.2, 0.25) is 0 Å². The number of hydrogen-bond donors (Lipinski definition) is 1. The first-order chi connectivity index (χ1) is 7.70. The number of hydrogen-bond acceptors (Lipinski definition) is 3. The summed E-state index contributed by atoms with van der Waals surface area (Å²) >= 11 is 0. The zero-order chi connectivity index (χ0) is 11.5. The second-order valence-electron chi connectivity index (χ2n) is 3.67. The van der Waals surface area contributed by atoms with Gasteiger partial charge in [0.25, 0.3) is 0 Å². The van der Waals surface area contributed by atoms with E-state index in [0.29, 0.717) is 13.2 Å². The van der Waals surface area contributed by atoms with Gasteiger partial charge < -0.3 is 14.8 Å². The van der Waals surface area contributed by atoms with Crippen LogP contribution in [0.2, 0.25) is 0 Å². The smallest absolute Gasteiger partial charge is 0.167 e. The molecule has 3 nitrogen and oxygen atoms in total. The fourth-order valence-electron chi connectivity index (χ4n) is 1.66. The van der Waals surface area contributed by atoms with Crippen LogP contribution in [0.3, 0.4) is 0 Å². The number of methoxy groups -OCH3 is 1. The van der Waals surface area contributed by atoms with E-state index in [4.69, 9.17) is 4.74 Å². The van der Waals surface area contributed by atoms with Crippen LogP contribution in [-0.4, -0.2) is 26.4 Å². The highest BCUT2D eigenvalue weighted by Crippen LogP contribution is 2.25. The first-order valence-corrected chi connectivity index (χ1v) is 5.08. The molecule has 1 unspecified atom stereocenters. The predicted octanol–water partition coefficient (Wildman–Crippen LogP) is 2.17. The quantitative estimate of drug-likeness (QED) is 0.861. The number of rotatable bonds is 3. The fraction of sp³-hybridized carbons (Fsp3) is 0.455. The number of benzene rings is 1. The highest BCUT2D eigenvalue weighted by Gasteiger charge is 2.18. The lowest BCUT2D eigenvalue weighted by Gasteiger charge is -2.14. The minimum absolute atomic E-state index is 0.0438. The molecule has 0 aromatic heterocycles. The second kappa shape index (κ2) is 4.65. The number of halogens is 2. The van der Waals surface area contributed by atoms with Crippen LogP contribution in [-0.2, 0) is 4.74 Å². The Kier molecular flexibility index (Phi) is 3.24. The van der Waals surface area contributed by atoms with Crippen LogP contribution in [0.15, 0.2) is 12.1 Å². The summed E-state index contributed by atoms with van der Waals surface area (Å²) in [5, 5.41) is 2.91. The summed E-state index contributed by atoms with van der Waals surface area (Å²) in [6.45, 7) is 1.17. The molecule has 1 aliphatic rings. The molecule has 0 saturated carbocycles. The van der Waals surface area contributed by atoms with Gasteiger partial charge in [-0.1, -0.05) is 0 Å². The first kappa shape index (κ1) is 11.1. The molecule has 0 spiro atoms. The average Bonchev–Trinajstić information content (AvgIpc) is 2.75. The standard InChI is InChI=1S/C11H13F2NO2/c1-15-11-5-8(12)10(4-9(11)13)14-7-2-3-16-6-7/h4-5,7,14H,2-3,6H2,1H3. The summed E-state index contributed by atoms with van der Waals surface area (Å²) in [5.74, 6) is -1.19. The maximum atomic E-state index is 13.5. The summed E-state index contributed by atoms with van der Waals surface area (Å²) in [4.78, 5) is 0. The van der Waals surface area contributed by atoms with E-state index in [2.05, 4.69) is 10.1 Å². The molecule has 1 fully saturated rings. The third-order valence-electron chi connectivity index (χ3n) is 2.53. The number of nitrogens with one attached hydrogen (secondary N) is 1. The molecule has 1 aliphatic heterocycles. The lowest BCUT2D eigenvalue weighted by atomic mass is 10.2. The van der Waals surface area contributed by atoms with E-state index in [-0.39, 0.29) is 17.5 Å². The predicted molar refractivity (Wildman–Crippen MR) is 55.8 cm³/mol. The summed E-state index contributed by atoms with van der Waals surface area (Å²) in [6, 6.07) is 2.18. The Morgan fingerprint density at radius 2 is 2.19 bits per heavy atom. The molecule has 1 heterocycles. The van der Waals surface area contributed by atoms with Crippen LogP contribution in [0.4, 0.5) is 14.5 Å². The summed E-state index contributed by atoms with van der Waals surface area (Å²) in [6.07, 6.45) is 0.799. The molecule has 1 saturated heterocycles. The molecule has 16 heavy (non-hydrogen) atoms. The molecule has 2 rings (SSSR count). The monoisotopic (exact) mass is 229 g/mol. The van der Waals surface area contributed by atoms with Gasteiger partial charge in [0.1, 0.15) is 5.82 Å². The zero-order valence-corrected chi connectivity index (χ0v) is 8.93. The Balaban J connectivity index is 2.17. The lowest BCUT2D eigenvalue weighted by Crippen LogP contribution is -2.19. The van der Waals surface area contributed by atoms with Crippen LogP contribution in [0.5, 0.6) is 5.75 Å². The van der Waals surface area contributed by atoms with Crippen molar-refractivity contribution < 1.29 is 18.3 Å². The summed E-state index contributed by atoms with van der Waals surface area (Å²) < 4.78 is 36.7. The minimum Gasteiger partial charge on any atom is -0.494 e. The summed E-state index contributed by atoms with van der Waals surface area (Å²) in [7, 11) is 1.30. The molecular formula is C11H13F2NO2. The maximum Gasteiger partial charge on any atom is 0.167 e. The van der Waals surface area contributed by atoms with Gasteiger partial charge in [-0.25, -0.2) is 8.78 Å². The van der Waals surface area contributed by atoms with Crippen molar-refractivity contribution in [2.45, 2.75) is 12.5 Å². The topological polar surface area (TPSA) is 30.5 Å². The Morgan fingerprint density at radius 3 is 2.81 bits per heavy atom. The van der Waals surface area contributed by atoms with Crippen LogP contribution >= 0.6 is 0 Å². The van der Waals surface area contributed by atoms with Crippen molar-refractivity contribution in [3.63, 3.8) is 0 Å². The average molecular weight is 229 g/mol. The van der Waals surface area contributed by atoms with Crippen molar-refractivity contribution in [1.29, 1.82) is 0 Å². The normalized spacial score (nSPS) is 19.8. The number of ether oxygens (including phenoxy) is 2. The van der Waals surface area contributed by atoms with Gasteiger partial charge in [-0.3, -0.25) is 0 Å². The van der Waals surface area contributed by atoms with Crippen molar-refractivity contribution in [3.8, 4) is 5.75 Å². The molecular weight excluding hydrogens is 216 g/mol. The molecule has 0 amide bonds. The van der Waals surface area contributed by atoms with E-state index in [0.717, 1.165) is 18.6 Å². The third kappa shape index (κ3) is 2.24. The van der Waals surface area contributed by atoms with E-state index in [1.54, 1.807) is 0 Å². The SMILES string of the molecule is COc1cc(F)c(NC2CCOC2)cc1F. The first-order valence-electron chi connectivity index (χ1n) is 5.08. The van der Waals surface area contributed by atoms with Crippen molar-refractivity contribution in [2.75, 3.05) is 25.6 Å². The van der Waals surface area contributed by atoms with Crippen molar-refractivity contribution in [2.24, 2.45) is 0 Å². The maximum absolute atomic E-state index is 13.5. The van der Waals surface area contributed by atoms with Crippen LogP contribution in [0.25, 0.3) is 0 Å². The van der Waals surface area contributed by atoms with Gasteiger partial charge in [0.15, 0.2) is 11.6 Å². The Bertz CT molecular complexity index is 378. The lowest BCUT2D eigenvalue weighted by molar-refractivity contribution is 0.195. The van der Waals surface area contributed by atoms with Gasteiger partial charge in [-0.05, 0) is 6.42 Å². The van der Waals surface area contributed by atoms with Crippen LogP contribution in [0, 0.1) is 11.6 Å². The van der Waals surface area contributed by atoms with Gasteiger partial charge >= 0.3 is 0 Å². The second-order valence-corrected chi connectivity index (χ2v) is 3.67. The van der Waals surface area contributed by atoms with Crippen molar-refractivity contribution in [1.82, 2.24) is 0 Å². The van der Waals surface area contributed by atoms with Crippen LogP contribution in [0.1, 0.15) is 6.42 Å². The van der Waals surface area contributed by atoms with E-state index >= 15 is 0 Å². The molecule has 0 radical (unpaired) electrons. The van der Waals surface area contributed by atoms with Crippen LogP contribution < -0.4 is 10.1 Å². The zero-order valence-electron chi connectivity index (χ0n) is 8.93. The Labute approximate surface area is 92.4 Å². The largest absolute Gasteiger partial charge is 0.494 e. The molecule has 0 bridgehead atoms. The molecule has 1 atom stereocenters. The third-order valence-corrected chi connectivity index (χ3v) is 2.53. The van der Waals surface area contributed by atoms with E-state index < -0.39 is 11.6 Å². The van der Waals surface area contributed by atoms with Crippen molar-refractivity contribution >= 4 is 5.69 Å². The molecule has 5 heteroatoms. The number of anilines is 1. The van der Waals surface area contributed by atoms with Crippen molar-refractivity contribution in [3.05, 3.63) is 23.8 Å². The molecule has 0 aliphatic carbocycles. The van der Waals surface area contributed by atoms with Gasteiger partial charge in [-0.15, -0.1) is 0 Å². The minimum atomic E-state index is -0.578. The molecule has 1 aromatic rings. The van der Waals surface area contributed by atoms with Gasteiger partial charge in [0.05, 0.1) is 25.4 Å².